The van der Waals surface area contributed by atoms with E-state index < -0.39 is 0 Å². The molecule has 0 saturated carbocycles. The van der Waals surface area contributed by atoms with Crippen molar-refractivity contribution in [3.05, 3.63) is 199 Å². The van der Waals surface area contributed by atoms with Gasteiger partial charge in [-0.15, -0.1) is 11.3 Å². The minimum Gasteiger partial charge on any atom is -0.311 e. The maximum atomic E-state index is 2.38. The Bertz CT molecular complexity index is 2770. The second-order valence-corrected chi connectivity index (χ2v) is 15.7. The smallest absolute Gasteiger partial charge is 0.0462 e. The number of nitrogens with zero attached hydrogens (tertiary/aromatic N) is 1. The molecule has 1 nitrogen and oxygen atoms in total. The summed E-state index contributed by atoms with van der Waals surface area (Å²) in [6.45, 7) is 4.67. The standard InChI is InChI=1S/C51H37NS/c1-51(2)47-14-8-6-12-43(47)46-32-38(25-31-48(46)51)36-18-16-34(17-19-36)35-20-26-41(27-21-35)52(40-10-4-3-5-11-40)42-28-22-37(23-29-42)39-24-30-45-44-13-7-9-15-49(44)53-50(45)33-39/h3-33H,1-2H3. The molecule has 0 aliphatic heterocycles. The summed E-state index contributed by atoms with van der Waals surface area (Å²) >= 11 is 1.87. The second kappa shape index (κ2) is 12.5. The summed E-state index contributed by atoms with van der Waals surface area (Å²) in [6, 6.07) is 68.9. The average molecular weight is 696 g/mol. The molecule has 1 aliphatic rings. The lowest BCUT2D eigenvalue weighted by molar-refractivity contribution is 0.660. The van der Waals surface area contributed by atoms with Gasteiger partial charge >= 0.3 is 0 Å². The van der Waals surface area contributed by atoms with E-state index in [1.165, 1.54) is 75.8 Å². The Kier molecular flexibility index (Phi) is 7.42. The van der Waals surface area contributed by atoms with Crippen LogP contribution in [0.5, 0.6) is 0 Å². The zero-order chi connectivity index (χ0) is 35.5. The average Bonchev–Trinajstić information content (AvgIpc) is 3.70. The summed E-state index contributed by atoms with van der Waals surface area (Å²) in [5.41, 5.74) is 16.3. The Labute approximate surface area is 315 Å². The van der Waals surface area contributed by atoms with Crippen LogP contribution in [0.15, 0.2) is 188 Å². The summed E-state index contributed by atoms with van der Waals surface area (Å²) in [7, 11) is 0. The van der Waals surface area contributed by atoms with Crippen LogP contribution in [-0.2, 0) is 5.41 Å². The summed E-state index contributed by atoms with van der Waals surface area (Å²) < 4.78 is 2.66. The van der Waals surface area contributed by atoms with E-state index in [2.05, 4.69) is 207 Å². The van der Waals surface area contributed by atoms with Gasteiger partial charge in [0.05, 0.1) is 0 Å². The molecule has 1 heterocycles. The van der Waals surface area contributed by atoms with Gasteiger partial charge in [-0.25, -0.2) is 0 Å². The highest BCUT2D eigenvalue weighted by Crippen LogP contribution is 2.49. The van der Waals surface area contributed by atoms with E-state index in [1.807, 2.05) is 11.3 Å². The predicted molar refractivity (Wildman–Crippen MR) is 228 cm³/mol. The quantitative estimate of drug-likeness (QED) is 0.167. The van der Waals surface area contributed by atoms with Gasteiger partial charge in [0.1, 0.15) is 0 Å². The largest absolute Gasteiger partial charge is 0.311 e. The fourth-order valence-electron chi connectivity index (χ4n) is 8.29. The van der Waals surface area contributed by atoms with Crippen LogP contribution < -0.4 is 4.90 Å². The topological polar surface area (TPSA) is 3.24 Å². The van der Waals surface area contributed by atoms with Crippen molar-refractivity contribution in [2.45, 2.75) is 19.3 Å². The molecule has 0 bridgehead atoms. The van der Waals surface area contributed by atoms with Crippen molar-refractivity contribution in [1.82, 2.24) is 0 Å². The molecule has 2 heteroatoms. The van der Waals surface area contributed by atoms with E-state index in [0.29, 0.717) is 0 Å². The summed E-state index contributed by atoms with van der Waals surface area (Å²) in [5, 5.41) is 2.66. The molecule has 53 heavy (non-hydrogen) atoms. The third-order valence-electron chi connectivity index (χ3n) is 11.1. The van der Waals surface area contributed by atoms with Crippen molar-refractivity contribution in [2.24, 2.45) is 0 Å². The first-order valence-electron chi connectivity index (χ1n) is 18.3. The Balaban J connectivity index is 0.927. The summed E-state index contributed by atoms with van der Waals surface area (Å²) in [5.74, 6) is 0. The first-order valence-corrected chi connectivity index (χ1v) is 19.2. The van der Waals surface area contributed by atoms with Crippen LogP contribution in [0.4, 0.5) is 17.1 Å². The molecule has 0 N–H and O–H groups in total. The lowest BCUT2D eigenvalue weighted by Crippen LogP contribution is -2.14. The van der Waals surface area contributed by atoms with Crippen molar-refractivity contribution in [2.75, 3.05) is 4.90 Å². The van der Waals surface area contributed by atoms with Crippen LogP contribution in [0.2, 0.25) is 0 Å². The normalized spacial score (nSPS) is 12.9. The van der Waals surface area contributed by atoms with Gasteiger partial charge in [0, 0.05) is 42.6 Å². The van der Waals surface area contributed by atoms with Crippen LogP contribution >= 0.6 is 11.3 Å². The van der Waals surface area contributed by atoms with Gasteiger partial charge in [-0.2, -0.15) is 0 Å². The molecule has 8 aromatic carbocycles. The highest BCUT2D eigenvalue weighted by atomic mass is 32.1. The van der Waals surface area contributed by atoms with E-state index in [1.54, 1.807) is 0 Å². The molecule has 0 unspecified atom stereocenters. The SMILES string of the molecule is CC1(C)c2ccccc2-c2cc(-c3ccc(-c4ccc(N(c5ccccc5)c5ccc(-c6ccc7c(c6)sc6ccccc67)cc5)cc4)cc3)ccc21. The molecular formula is C51H37NS. The number of para-hydroxylation sites is 1. The number of rotatable bonds is 6. The van der Waals surface area contributed by atoms with Crippen LogP contribution in [0.3, 0.4) is 0 Å². The maximum Gasteiger partial charge on any atom is 0.0462 e. The Hall–Kier alpha value is -6.22. The molecule has 0 atom stereocenters. The fraction of sp³-hybridized carbons (Fsp3) is 0.0588. The fourth-order valence-corrected chi connectivity index (χ4v) is 9.44. The lowest BCUT2D eigenvalue weighted by atomic mass is 9.82. The molecule has 9 aromatic rings. The summed E-state index contributed by atoms with van der Waals surface area (Å²) in [6.07, 6.45) is 0. The first kappa shape index (κ1) is 31.5. The molecule has 0 radical (unpaired) electrons. The Morgan fingerprint density at radius 3 is 1.53 bits per heavy atom. The molecule has 0 fully saturated rings. The van der Waals surface area contributed by atoms with Crippen LogP contribution in [0.1, 0.15) is 25.0 Å². The maximum absolute atomic E-state index is 2.38. The Morgan fingerprint density at radius 1 is 0.358 bits per heavy atom. The van der Waals surface area contributed by atoms with E-state index >= 15 is 0 Å². The van der Waals surface area contributed by atoms with Crippen molar-refractivity contribution in [3.8, 4) is 44.5 Å². The number of hydrogen-bond donors (Lipinski definition) is 0. The number of benzene rings is 8. The molecular weight excluding hydrogens is 659 g/mol. The van der Waals surface area contributed by atoms with E-state index in [4.69, 9.17) is 0 Å². The highest BCUT2D eigenvalue weighted by molar-refractivity contribution is 7.25. The molecule has 10 rings (SSSR count). The second-order valence-electron chi connectivity index (χ2n) is 14.6. The molecule has 0 amide bonds. The van der Waals surface area contributed by atoms with E-state index in [0.717, 1.165) is 17.1 Å². The molecule has 0 spiro atoms. The lowest BCUT2D eigenvalue weighted by Gasteiger charge is -2.26. The van der Waals surface area contributed by atoms with E-state index in [9.17, 15) is 0 Å². The number of hydrogen-bond acceptors (Lipinski definition) is 2. The van der Waals surface area contributed by atoms with Crippen molar-refractivity contribution >= 4 is 48.6 Å². The van der Waals surface area contributed by atoms with Crippen molar-refractivity contribution in [3.63, 3.8) is 0 Å². The van der Waals surface area contributed by atoms with Gasteiger partial charge in [0.25, 0.3) is 0 Å². The third-order valence-corrected chi connectivity index (χ3v) is 12.2. The molecule has 252 valence electrons. The molecule has 1 aromatic heterocycles. The van der Waals surface area contributed by atoms with Gasteiger partial charge in [-0.3, -0.25) is 0 Å². The van der Waals surface area contributed by atoms with Gasteiger partial charge in [-0.1, -0.05) is 147 Å². The predicted octanol–water partition coefficient (Wildman–Crippen LogP) is 14.8. The monoisotopic (exact) mass is 695 g/mol. The minimum absolute atomic E-state index is 0.0236. The minimum atomic E-state index is 0.0236. The van der Waals surface area contributed by atoms with Gasteiger partial charge in [0.2, 0.25) is 0 Å². The van der Waals surface area contributed by atoms with Gasteiger partial charge in [0.15, 0.2) is 0 Å². The van der Waals surface area contributed by atoms with Crippen LogP contribution in [-0.4, -0.2) is 0 Å². The highest BCUT2D eigenvalue weighted by Gasteiger charge is 2.35. The zero-order valence-corrected chi connectivity index (χ0v) is 30.6. The van der Waals surface area contributed by atoms with Crippen LogP contribution in [0, 0.1) is 0 Å². The van der Waals surface area contributed by atoms with Gasteiger partial charge in [-0.05, 0) is 110 Å². The third kappa shape index (κ3) is 5.37. The first-order chi connectivity index (χ1) is 26.0. The molecule has 1 aliphatic carbocycles. The van der Waals surface area contributed by atoms with Crippen molar-refractivity contribution in [1.29, 1.82) is 0 Å². The summed E-state index contributed by atoms with van der Waals surface area (Å²) in [4.78, 5) is 2.33. The zero-order valence-electron chi connectivity index (χ0n) is 29.8. The number of thiophene rings is 1. The number of fused-ring (bicyclic) bond motifs is 6. The van der Waals surface area contributed by atoms with Crippen LogP contribution in [0.25, 0.3) is 64.7 Å². The molecule has 0 saturated heterocycles. The van der Waals surface area contributed by atoms with E-state index in [-0.39, 0.29) is 5.41 Å². The van der Waals surface area contributed by atoms with Gasteiger partial charge < -0.3 is 4.90 Å². The number of anilines is 3. The van der Waals surface area contributed by atoms with Crippen molar-refractivity contribution < 1.29 is 0 Å². The Morgan fingerprint density at radius 2 is 0.830 bits per heavy atom.